The van der Waals surface area contributed by atoms with Gasteiger partial charge in [-0.15, -0.1) is 0 Å². The van der Waals surface area contributed by atoms with Crippen LogP contribution in [0.15, 0.2) is 53.4 Å². The van der Waals surface area contributed by atoms with Gasteiger partial charge in [0.2, 0.25) is 15.9 Å². The van der Waals surface area contributed by atoms with Crippen LogP contribution in [0.4, 0.5) is 18.9 Å². The first-order valence-corrected chi connectivity index (χ1v) is 10.9. The monoisotopic (exact) mass is 461 g/mol. The summed E-state index contributed by atoms with van der Waals surface area (Å²) in [7, 11) is -4.40. The fourth-order valence-corrected chi connectivity index (χ4v) is 4.58. The predicted octanol–water partition coefficient (Wildman–Crippen LogP) is 2.99. The number of nitrogens with zero attached hydrogens (tertiary/aromatic N) is 2. The molecule has 162 valence electrons. The van der Waals surface area contributed by atoms with Crippen molar-refractivity contribution in [3.8, 4) is 0 Å². The third-order valence-corrected chi connectivity index (χ3v) is 6.60. The van der Waals surface area contributed by atoms with E-state index in [1.54, 1.807) is 0 Å². The first-order valence-electron chi connectivity index (χ1n) is 9.02. The largest absolute Gasteiger partial charge is 0.416 e. The first-order chi connectivity index (χ1) is 14.1. The van der Waals surface area contributed by atoms with Crippen LogP contribution in [0.25, 0.3) is 0 Å². The predicted molar refractivity (Wildman–Crippen MR) is 107 cm³/mol. The first kappa shape index (κ1) is 22.4. The number of nitrogens with one attached hydrogen (secondary N) is 1. The van der Waals surface area contributed by atoms with E-state index < -0.39 is 39.1 Å². The summed E-state index contributed by atoms with van der Waals surface area (Å²) in [6.45, 7) is 1.41. The molecule has 1 aliphatic heterocycles. The van der Waals surface area contributed by atoms with Gasteiger partial charge in [0, 0.05) is 31.9 Å². The van der Waals surface area contributed by atoms with Crippen LogP contribution in [0.2, 0.25) is 5.02 Å². The highest BCUT2D eigenvalue weighted by Gasteiger charge is 2.33. The highest BCUT2D eigenvalue weighted by molar-refractivity contribution is 7.89. The van der Waals surface area contributed by atoms with Crippen LogP contribution in [-0.4, -0.2) is 51.9 Å². The van der Waals surface area contributed by atoms with Crippen LogP contribution in [0.3, 0.4) is 0 Å². The Morgan fingerprint density at radius 1 is 1.03 bits per heavy atom. The number of para-hydroxylation sites is 1. The van der Waals surface area contributed by atoms with Crippen molar-refractivity contribution in [2.45, 2.75) is 11.1 Å². The lowest BCUT2D eigenvalue weighted by molar-refractivity contribution is -0.137. The molecule has 1 amide bonds. The van der Waals surface area contributed by atoms with E-state index in [9.17, 15) is 26.4 Å². The molecule has 1 saturated heterocycles. The minimum atomic E-state index is -4.72. The SMILES string of the molecule is O=C(CNS(=O)(=O)c1cc(C(F)(F)F)ccc1Cl)N1CCN(c2ccccc2)CC1. The van der Waals surface area contributed by atoms with Crippen LogP contribution >= 0.6 is 11.6 Å². The van der Waals surface area contributed by atoms with Crippen molar-refractivity contribution in [1.29, 1.82) is 0 Å². The third kappa shape index (κ3) is 5.24. The molecule has 0 aromatic heterocycles. The number of carbonyl (C=O) groups is 1. The Morgan fingerprint density at radius 2 is 1.67 bits per heavy atom. The van der Waals surface area contributed by atoms with Gasteiger partial charge in [0.15, 0.2) is 0 Å². The van der Waals surface area contributed by atoms with Crippen molar-refractivity contribution in [2.24, 2.45) is 0 Å². The Morgan fingerprint density at radius 3 is 2.27 bits per heavy atom. The number of sulfonamides is 1. The molecule has 11 heteroatoms. The van der Waals surface area contributed by atoms with E-state index in [0.717, 1.165) is 11.8 Å². The van der Waals surface area contributed by atoms with Gasteiger partial charge in [-0.3, -0.25) is 4.79 Å². The van der Waals surface area contributed by atoms with Crippen LogP contribution < -0.4 is 9.62 Å². The van der Waals surface area contributed by atoms with E-state index in [0.29, 0.717) is 38.3 Å². The number of anilines is 1. The van der Waals surface area contributed by atoms with Gasteiger partial charge in [0.25, 0.3) is 0 Å². The Balaban J connectivity index is 1.61. The van der Waals surface area contributed by atoms with Crippen molar-refractivity contribution in [2.75, 3.05) is 37.6 Å². The molecule has 6 nitrogen and oxygen atoms in total. The van der Waals surface area contributed by atoms with E-state index >= 15 is 0 Å². The average molecular weight is 462 g/mol. The Labute approximate surface area is 177 Å². The quantitative estimate of drug-likeness (QED) is 0.743. The molecule has 0 atom stereocenters. The number of rotatable bonds is 5. The molecule has 0 saturated carbocycles. The lowest BCUT2D eigenvalue weighted by atomic mass is 10.2. The molecule has 0 radical (unpaired) electrons. The van der Waals surface area contributed by atoms with Crippen LogP contribution in [0.5, 0.6) is 0 Å². The highest BCUT2D eigenvalue weighted by Crippen LogP contribution is 2.33. The van der Waals surface area contributed by atoms with Gasteiger partial charge in [-0.25, -0.2) is 13.1 Å². The number of carbonyl (C=O) groups excluding carboxylic acids is 1. The van der Waals surface area contributed by atoms with Crippen molar-refractivity contribution in [3.05, 3.63) is 59.1 Å². The molecule has 2 aromatic rings. The van der Waals surface area contributed by atoms with Crippen molar-refractivity contribution in [1.82, 2.24) is 9.62 Å². The molecule has 0 bridgehead atoms. The molecule has 1 fully saturated rings. The molecule has 1 heterocycles. The summed E-state index contributed by atoms with van der Waals surface area (Å²) < 4.78 is 65.5. The van der Waals surface area contributed by atoms with Gasteiger partial charge in [0.05, 0.1) is 17.1 Å². The van der Waals surface area contributed by atoms with Crippen LogP contribution in [0, 0.1) is 0 Å². The molecule has 0 spiro atoms. The Bertz CT molecular complexity index is 1010. The zero-order valence-corrected chi connectivity index (χ0v) is 17.3. The Hall–Kier alpha value is -2.30. The molecule has 30 heavy (non-hydrogen) atoms. The van der Waals surface area contributed by atoms with E-state index in [2.05, 4.69) is 9.62 Å². The van der Waals surface area contributed by atoms with Gasteiger partial charge in [-0.1, -0.05) is 29.8 Å². The van der Waals surface area contributed by atoms with Crippen molar-refractivity contribution >= 4 is 33.2 Å². The van der Waals surface area contributed by atoms with E-state index in [4.69, 9.17) is 11.6 Å². The van der Waals surface area contributed by atoms with E-state index in [-0.39, 0.29) is 5.02 Å². The number of hydrogen-bond donors (Lipinski definition) is 1. The zero-order valence-electron chi connectivity index (χ0n) is 15.7. The molecule has 0 unspecified atom stereocenters. The lowest BCUT2D eigenvalue weighted by Gasteiger charge is -2.36. The van der Waals surface area contributed by atoms with E-state index in [1.807, 2.05) is 30.3 Å². The fourth-order valence-electron chi connectivity index (χ4n) is 3.08. The van der Waals surface area contributed by atoms with Crippen molar-refractivity contribution < 1.29 is 26.4 Å². The van der Waals surface area contributed by atoms with Gasteiger partial charge in [-0.2, -0.15) is 13.2 Å². The summed E-state index contributed by atoms with van der Waals surface area (Å²) in [6.07, 6.45) is -4.72. The number of piperazine rings is 1. The molecule has 1 N–H and O–H groups in total. The smallest absolute Gasteiger partial charge is 0.368 e. The number of benzene rings is 2. The van der Waals surface area contributed by atoms with Crippen LogP contribution in [0.1, 0.15) is 5.56 Å². The summed E-state index contributed by atoms with van der Waals surface area (Å²) in [6, 6.07) is 11.7. The summed E-state index contributed by atoms with van der Waals surface area (Å²) in [5, 5.41) is -0.362. The highest BCUT2D eigenvalue weighted by atomic mass is 35.5. The second kappa shape index (κ2) is 8.83. The summed E-state index contributed by atoms with van der Waals surface area (Å²) >= 11 is 5.78. The van der Waals surface area contributed by atoms with Gasteiger partial charge >= 0.3 is 6.18 Å². The van der Waals surface area contributed by atoms with E-state index in [1.165, 1.54) is 4.90 Å². The third-order valence-electron chi connectivity index (χ3n) is 4.72. The van der Waals surface area contributed by atoms with Gasteiger partial charge < -0.3 is 9.80 Å². The van der Waals surface area contributed by atoms with Gasteiger partial charge in [0.1, 0.15) is 4.90 Å². The Kier molecular flexibility index (Phi) is 6.59. The second-order valence-corrected chi connectivity index (χ2v) is 8.81. The minimum Gasteiger partial charge on any atom is -0.368 e. The molecule has 3 rings (SSSR count). The standard InChI is InChI=1S/C19H19ClF3N3O3S/c20-16-7-6-14(19(21,22)23)12-17(16)30(28,29)24-13-18(27)26-10-8-25(9-11-26)15-4-2-1-3-5-15/h1-7,12,24H,8-11,13H2. The normalized spacial score (nSPS) is 15.3. The zero-order chi connectivity index (χ0) is 21.9. The second-order valence-electron chi connectivity index (χ2n) is 6.67. The number of hydrogen-bond acceptors (Lipinski definition) is 4. The minimum absolute atomic E-state index is 0.362. The van der Waals surface area contributed by atoms with Crippen molar-refractivity contribution in [3.63, 3.8) is 0 Å². The number of alkyl halides is 3. The summed E-state index contributed by atoms with van der Waals surface area (Å²) in [5.74, 6) is -0.464. The van der Waals surface area contributed by atoms with Crippen LogP contribution in [-0.2, 0) is 21.0 Å². The molecule has 2 aromatic carbocycles. The van der Waals surface area contributed by atoms with Gasteiger partial charge in [-0.05, 0) is 30.3 Å². The number of halogens is 4. The summed E-state index contributed by atoms with van der Waals surface area (Å²) in [5.41, 5.74) is -0.111. The molecular weight excluding hydrogens is 443 g/mol. The molecule has 0 aliphatic carbocycles. The number of amides is 1. The molecular formula is C19H19ClF3N3O3S. The summed E-state index contributed by atoms with van der Waals surface area (Å²) in [4.78, 5) is 15.3. The molecule has 1 aliphatic rings. The fraction of sp³-hybridized carbons (Fsp3) is 0.316. The lowest BCUT2D eigenvalue weighted by Crippen LogP contribution is -2.51. The maximum atomic E-state index is 12.9. The average Bonchev–Trinajstić information content (AvgIpc) is 2.72. The maximum absolute atomic E-state index is 12.9. The topological polar surface area (TPSA) is 69.7 Å². The maximum Gasteiger partial charge on any atom is 0.416 e.